The SMILES string of the molecule is COc1cc2c(cc1OC)CN(C(=O)C1CC1C(=O)NCc1ccncc1)CC2. The highest BCUT2D eigenvalue weighted by Crippen LogP contribution is 2.41. The van der Waals surface area contributed by atoms with Crippen molar-refractivity contribution in [1.29, 1.82) is 0 Å². The molecule has 4 rings (SSSR count). The highest BCUT2D eigenvalue weighted by molar-refractivity contribution is 5.92. The summed E-state index contributed by atoms with van der Waals surface area (Å²) < 4.78 is 10.8. The molecule has 0 saturated heterocycles. The molecule has 1 N–H and O–H groups in total. The largest absolute Gasteiger partial charge is 0.493 e. The van der Waals surface area contributed by atoms with Gasteiger partial charge in [-0.2, -0.15) is 0 Å². The number of pyridine rings is 1. The van der Waals surface area contributed by atoms with E-state index in [-0.39, 0.29) is 23.7 Å². The van der Waals surface area contributed by atoms with Crippen molar-refractivity contribution in [1.82, 2.24) is 15.2 Å². The Morgan fingerprint density at radius 1 is 1.10 bits per heavy atom. The Morgan fingerprint density at radius 2 is 1.79 bits per heavy atom. The summed E-state index contributed by atoms with van der Waals surface area (Å²) in [6.07, 6.45) is 4.79. The summed E-state index contributed by atoms with van der Waals surface area (Å²) in [4.78, 5) is 31.1. The number of carbonyl (C=O) groups is 2. The van der Waals surface area contributed by atoms with Crippen LogP contribution in [0.2, 0.25) is 0 Å². The van der Waals surface area contributed by atoms with E-state index in [0.717, 1.165) is 17.5 Å². The molecule has 2 heterocycles. The Kier molecular flexibility index (Phi) is 5.38. The summed E-state index contributed by atoms with van der Waals surface area (Å²) in [5.41, 5.74) is 3.24. The predicted molar refractivity (Wildman–Crippen MR) is 106 cm³/mol. The lowest BCUT2D eigenvalue weighted by Crippen LogP contribution is -2.38. The van der Waals surface area contributed by atoms with Crippen molar-refractivity contribution in [2.45, 2.75) is 25.9 Å². The fourth-order valence-corrected chi connectivity index (χ4v) is 3.88. The van der Waals surface area contributed by atoms with Gasteiger partial charge in [-0.1, -0.05) is 0 Å². The van der Waals surface area contributed by atoms with E-state index in [1.54, 1.807) is 26.6 Å². The van der Waals surface area contributed by atoms with E-state index in [1.165, 1.54) is 5.56 Å². The van der Waals surface area contributed by atoms with Crippen molar-refractivity contribution >= 4 is 11.8 Å². The smallest absolute Gasteiger partial charge is 0.226 e. The third-order valence-corrected chi connectivity index (χ3v) is 5.69. The van der Waals surface area contributed by atoms with Crippen LogP contribution in [0.15, 0.2) is 36.7 Å². The minimum Gasteiger partial charge on any atom is -0.493 e. The van der Waals surface area contributed by atoms with Gasteiger partial charge < -0.3 is 19.7 Å². The molecule has 0 radical (unpaired) electrons. The van der Waals surface area contributed by atoms with Crippen LogP contribution in [-0.2, 0) is 29.1 Å². The van der Waals surface area contributed by atoms with Crippen LogP contribution < -0.4 is 14.8 Å². The highest BCUT2D eigenvalue weighted by Gasteiger charge is 2.49. The number of methoxy groups -OCH3 is 2. The minimum absolute atomic E-state index is 0.0519. The first-order valence-corrected chi connectivity index (χ1v) is 9.80. The summed E-state index contributed by atoms with van der Waals surface area (Å²) in [7, 11) is 3.23. The van der Waals surface area contributed by atoms with Crippen LogP contribution in [0.1, 0.15) is 23.1 Å². The van der Waals surface area contributed by atoms with E-state index < -0.39 is 0 Å². The van der Waals surface area contributed by atoms with Gasteiger partial charge in [0.1, 0.15) is 0 Å². The number of hydrogen-bond donors (Lipinski definition) is 1. The van der Waals surface area contributed by atoms with Crippen LogP contribution in [-0.4, -0.2) is 42.5 Å². The van der Waals surface area contributed by atoms with Gasteiger partial charge in [-0.15, -0.1) is 0 Å². The molecular formula is C22H25N3O4. The molecule has 2 atom stereocenters. The number of nitrogens with one attached hydrogen (secondary N) is 1. The van der Waals surface area contributed by atoms with Gasteiger partial charge in [0.05, 0.1) is 26.1 Å². The lowest BCUT2D eigenvalue weighted by atomic mass is 9.98. The lowest BCUT2D eigenvalue weighted by Gasteiger charge is -2.30. The molecule has 29 heavy (non-hydrogen) atoms. The van der Waals surface area contributed by atoms with Gasteiger partial charge in [0.2, 0.25) is 11.8 Å². The van der Waals surface area contributed by atoms with Crippen LogP contribution in [0.3, 0.4) is 0 Å². The van der Waals surface area contributed by atoms with Gasteiger partial charge in [0.25, 0.3) is 0 Å². The van der Waals surface area contributed by atoms with Crippen LogP contribution in [0.25, 0.3) is 0 Å². The quantitative estimate of drug-likeness (QED) is 0.809. The average Bonchev–Trinajstić information content (AvgIpc) is 3.57. The standard InChI is InChI=1S/C22H25N3O4/c1-28-19-9-15-5-8-25(13-16(15)10-20(19)29-2)22(27)18-11-17(18)21(26)24-12-14-3-6-23-7-4-14/h3-4,6-7,9-10,17-18H,5,8,11-13H2,1-2H3,(H,24,26). The third-order valence-electron chi connectivity index (χ3n) is 5.69. The third kappa shape index (κ3) is 4.04. The lowest BCUT2D eigenvalue weighted by molar-refractivity contribution is -0.135. The second-order valence-electron chi connectivity index (χ2n) is 7.51. The number of aromatic nitrogens is 1. The van der Waals surface area contributed by atoms with E-state index in [9.17, 15) is 9.59 Å². The summed E-state index contributed by atoms with van der Waals surface area (Å²) in [6.45, 7) is 1.65. The van der Waals surface area contributed by atoms with Crippen molar-refractivity contribution in [2.75, 3.05) is 20.8 Å². The van der Waals surface area contributed by atoms with Gasteiger partial charge in [0.15, 0.2) is 11.5 Å². The Bertz CT molecular complexity index is 916. The maximum Gasteiger partial charge on any atom is 0.226 e. The Labute approximate surface area is 170 Å². The van der Waals surface area contributed by atoms with Crippen molar-refractivity contribution < 1.29 is 19.1 Å². The molecule has 152 valence electrons. The molecule has 2 unspecified atom stereocenters. The second kappa shape index (κ2) is 8.11. The zero-order valence-electron chi connectivity index (χ0n) is 16.7. The van der Waals surface area contributed by atoms with Gasteiger partial charge in [-0.05, 0) is 53.8 Å². The normalized spacial score (nSPS) is 19.9. The topological polar surface area (TPSA) is 80.8 Å². The first kappa shape index (κ1) is 19.2. The van der Waals surface area contributed by atoms with Gasteiger partial charge in [-0.3, -0.25) is 14.6 Å². The molecule has 1 aromatic carbocycles. The number of ether oxygens (including phenoxy) is 2. The van der Waals surface area contributed by atoms with Gasteiger partial charge in [0, 0.05) is 32.0 Å². The van der Waals surface area contributed by atoms with Crippen molar-refractivity contribution in [3.8, 4) is 11.5 Å². The first-order chi connectivity index (χ1) is 14.1. The molecular weight excluding hydrogens is 370 g/mol. The number of carbonyl (C=O) groups excluding carboxylic acids is 2. The van der Waals surface area contributed by atoms with E-state index in [4.69, 9.17) is 9.47 Å². The Hall–Kier alpha value is -3.09. The zero-order chi connectivity index (χ0) is 20.4. The van der Waals surface area contributed by atoms with E-state index in [0.29, 0.717) is 37.6 Å². The summed E-state index contributed by atoms with van der Waals surface area (Å²) >= 11 is 0. The highest BCUT2D eigenvalue weighted by atomic mass is 16.5. The Morgan fingerprint density at radius 3 is 2.48 bits per heavy atom. The molecule has 0 spiro atoms. The number of nitrogens with zero attached hydrogens (tertiary/aromatic N) is 2. The number of amides is 2. The Balaban J connectivity index is 1.35. The maximum atomic E-state index is 12.9. The molecule has 7 nitrogen and oxygen atoms in total. The molecule has 1 fully saturated rings. The second-order valence-corrected chi connectivity index (χ2v) is 7.51. The first-order valence-electron chi connectivity index (χ1n) is 9.80. The number of fused-ring (bicyclic) bond motifs is 1. The molecule has 7 heteroatoms. The number of benzene rings is 1. The fraction of sp³-hybridized carbons (Fsp3) is 0.409. The van der Waals surface area contributed by atoms with Crippen molar-refractivity contribution in [2.24, 2.45) is 11.8 Å². The van der Waals surface area contributed by atoms with Crippen molar-refractivity contribution in [3.05, 3.63) is 53.3 Å². The average molecular weight is 395 g/mol. The van der Waals surface area contributed by atoms with Crippen LogP contribution >= 0.6 is 0 Å². The molecule has 1 saturated carbocycles. The van der Waals surface area contributed by atoms with Crippen molar-refractivity contribution in [3.63, 3.8) is 0 Å². The number of rotatable bonds is 6. The maximum absolute atomic E-state index is 12.9. The minimum atomic E-state index is -0.226. The molecule has 0 bridgehead atoms. The van der Waals surface area contributed by atoms with E-state index >= 15 is 0 Å². The predicted octanol–water partition coefficient (Wildman–Crippen LogP) is 1.94. The summed E-state index contributed by atoms with van der Waals surface area (Å²) in [5, 5.41) is 2.92. The molecule has 2 aliphatic rings. The van der Waals surface area contributed by atoms with Crippen LogP contribution in [0.4, 0.5) is 0 Å². The van der Waals surface area contributed by atoms with Crippen LogP contribution in [0, 0.1) is 11.8 Å². The zero-order valence-corrected chi connectivity index (χ0v) is 16.7. The molecule has 2 aromatic rings. The molecule has 1 aliphatic carbocycles. The van der Waals surface area contributed by atoms with E-state index in [1.807, 2.05) is 29.2 Å². The van der Waals surface area contributed by atoms with Crippen LogP contribution in [0.5, 0.6) is 11.5 Å². The summed E-state index contributed by atoms with van der Waals surface area (Å²) in [5.74, 6) is 0.947. The fourth-order valence-electron chi connectivity index (χ4n) is 3.88. The number of hydrogen-bond acceptors (Lipinski definition) is 5. The van der Waals surface area contributed by atoms with Gasteiger partial charge in [-0.25, -0.2) is 0 Å². The summed E-state index contributed by atoms with van der Waals surface area (Å²) in [6, 6.07) is 7.66. The monoisotopic (exact) mass is 395 g/mol. The van der Waals surface area contributed by atoms with Gasteiger partial charge >= 0.3 is 0 Å². The molecule has 1 aliphatic heterocycles. The molecule has 2 amide bonds. The van der Waals surface area contributed by atoms with E-state index in [2.05, 4.69) is 10.3 Å². The molecule has 1 aromatic heterocycles.